The predicted molar refractivity (Wildman–Crippen MR) is 63.3 cm³/mol. The van der Waals surface area contributed by atoms with E-state index in [1.165, 1.54) is 6.21 Å². The molecule has 0 aliphatic carbocycles. The zero-order chi connectivity index (χ0) is 10.6. The molecule has 14 heavy (non-hydrogen) atoms. The van der Waals surface area contributed by atoms with Crippen molar-refractivity contribution in [1.82, 2.24) is 5.43 Å². The number of hydrogen-bond acceptors (Lipinski definition) is 3. The van der Waals surface area contributed by atoms with E-state index in [2.05, 4.69) is 38.7 Å². The fourth-order valence-electron chi connectivity index (χ4n) is 0.794. The first-order chi connectivity index (χ1) is 6.59. The van der Waals surface area contributed by atoms with Gasteiger partial charge in [-0.05, 0) is 30.4 Å². The summed E-state index contributed by atoms with van der Waals surface area (Å²) in [5.74, 6) is 0.140. The normalized spacial score (nSPS) is 10.4. The van der Waals surface area contributed by atoms with E-state index in [1.54, 1.807) is 18.2 Å². The Balaban J connectivity index is 2.80. The van der Waals surface area contributed by atoms with Crippen molar-refractivity contribution in [3.8, 4) is 5.75 Å². The second-order valence-electron chi connectivity index (χ2n) is 2.44. The van der Waals surface area contributed by atoms with Crippen LogP contribution in [0.2, 0.25) is 0 Å². The highest BCUT2D eigenvalue weighted by molar-refractivity contribution is 9.10. The Labute approximate surface area is 94.9 Å². The van der Waals surface area contributed by atoms with Gasteiger partial charge in [-0.15, -0.1) is 0 Å². The summed E-state index contributed by atoms with van der Waals surface area (Å²) >= 11 is 7.82. The maximum Gasteiger partial charge on any atom is 0.184 e. The third kappa shape index (κ3) is 3.31. The summed E-state index contributed by atoms with van der Waals surface area (Å²) in [6.07, 6.45) is 1.43. The molecular weight excluding hydrogens is 266 g/mol. The van der Waals surface area contributed by atoms with Crippen LogP contribution in [0.4, 0.5) is 0 Å². The molecule has 0 aliphatic rings. The molecule has 0 amide bonds. The summed E-state index contributed by atoms with van der Waals surface area (Å²) < 4.78 is 0.854. The van der Waals surface area contributed by atoms with E-state index >= 15 is 0 Å². The van der Waals surface area contributed by atoms with Gasteiger partial charge in [0.15, 0.2) is 5.11 Å². The lowest BCUT2D eigenvalue weighted by molar-refractivity contribution is 0.474. The van der Waals surface area contributed by atoms with Gasteiger partial charge in [-0.2, -0.15) is 5.10 Å². The van der Waals surface area contributed by atoms with Gasteiger partial charge in [-0.25, -0.2) is 0 Å². The van der Waals surface area contributed by atoms with Crippen LogP contribution < -0.4 is 11.2 Å². The van der Waals surface area contributed by atoms with Crippen LogP contribution in [0, 0.1) is 0 Å². The summed E-state index contributed by atoms with van der Waals surface area (Å²) in [5.41, 5.74) is 8.12. The maximum atomic E-state index is 9.40. The van der Waals surface area contributed by atoms with E-state index in [0.29, 0.717) is 5.56 Å². The summed E-state index contributed by atoms with van der Waals surface area (Å²) in [7, 11) is 0. The molecular formula is C8H8BrN3OS. The molecule has 0 saturated carbocycles. The molecule has 0 saturated heterocycles. The topological polar surface area (TPSA) is 70.6 Å². The number of phenolic OH excluding ortho intramolecular Hbond substituents is 1. The second-order valence-corrected chi connectivity index (χ2v) is 3.79. The Morgan fingerprint density at radius 2 is 2.36 bits per heavy atom. The van der Waals surface area contributed by atoms with Gasteiger partial charge in [0.1, 0.15) is 5.75 Å². The highest BCUT2D eigenvalue weighted by Crippen LogP contribution is 2.19. The Morgan fingerprint density at radius 1 is 1.64 bits per heavy atom. The fraction of sp³-hybridized carbons (Fsp3) is 0. The summed E-state index contributed by atoms with van der Waals surface area (Å²) in [6, 6.07) is 5.01. The zero-order valence-electron chi connectivity index (χ0n) is 7.07. The largest absolute Gasteiger partial charge is 0.507 e. The van der Waals surface area contributed by atoms with Crippen LogP contribution in [-0.4, -0.2) is 16.4 Å². The lowest BCUT2D eigenvalue weighted by Gasteiger charge is -1.99. The predicted octanol–water partition coefficient (Wildman–Crippen LogP) is 1.32. The molecule has 0 spiro atoms. The van der Waals surface area contributed by atoms with Gasteiger partial charge in [0.05, 0.1) is 6.21 Å². The van der Waals surface area contributed by atoms with Crippen molar-refractivity contribution < 1.29 is 5.11 Å². The number of hydrogen-bond donors (Lipinski definition) is 3. The number of benzene rings is 1. The standard InChI is InChI=1S/C8H8BrN3OS/c9-6-1-2-7(13)5(3-6)4-11-12-8(10)14/h1-4,13H,(H3,10,12,14)/b11-4-. The van der Waals surface area contributed by atoms with Crippen molar-refractivity contribution >= 4 is 39.5 Å². The average molecular weight is 274 g/mol. The average Bonchev–Trinajstić information content (AvgIpc) is 2.10. The molecule has 1 aromatic rings. The van der Waals surface area contributed by atoms with Crippen molar-refractivity contribution in [2.24, 2.45) is 10.8 Å². The molecule has 74 valence electrons. The van der Waals surface area contributed by atoms with Crippen LogP contribution in [0.1, 0.15) is 5.56 Å². The number of nitrogens with zero attached hydrogens (tertiary/aromatic N) is 1. The Kier molecular flexibility index (Phi) is 3.84. The minimum Gasteiger partial charge on any atom is -0.507 e. The van der Waals surface area contributed by atoms with E-state index in [1.807, 2.05) is 0 Å². The first-order valence-electron chi connectivity index (χ1n) is 3.66. The van der Waals surface area contributed by atoms with Crippen LogP contribution in [-0.2, 0) is 0 Å². The van der Waals surface area contributed by atoms with E-state index in [9.17, 15) is 5.11 Å². The molecule has 0 unspecified atom stereocenters. The molecule has 4 N–H and O–H groups in total. The third-order valence-corrected chi connectivity index (χ3v) is 1.95. The molecule has 1 aromatic carbocycles. The van der Waals surface area contributed by atoms with Crippen molar-refractivity contribution in [1.29, 1.82) is 0 Å². The zero-order valence-corrected chi connectivity index (χ0v) is 9.47. The highest BCUT2D eigenvalue weighted by Gasteiger charge is 1.97. The first kappa shape index (κ1) is 10.9. The SMILES string of the molecule is NC(=S)N/N=C\c1cc(Br)ccc1O. The molecule has 0 atom stereocenters. The van der Waals surface area contributed by atoms with Crippen molar-refractivity contribution in [3.63, 3.8) is 0 Å². The summed E-state index contributed by atoms with van der Waals surface area (Å²) in [5, 5.41) is 13.2. The smallest absolute Gasteiger partial charge is 0.184 e. The van der Waals surface area contributed by atoms with E-state index in [-0.39, 0.29) is 10.9 Å². The van der Waals surface area contributed by atoms with Crippen LogP contribution in [0.25, 0.3) is 0 Å². The molecule has 0 radical (unpaired) electrons. The van der Waals surface area contributed by atoms with Crippen molar-refractivity contribution in [2.75, 3.05) is 0 Å². The number of phenols is 1. The van der Waals surface area contributed by atoms with Gasteiger partial charge in [0.2, 0.25) is 0 Å². The van der Waals surface area contributed by atoms with E-state index in [0.717, 1.165) is 4.47 Å². The van der Waals surface area contributed by atoms with E-state index < -0.39 is 0 Å². The van der Waals surface area contributed by atoms with Crippen molar-refractivity contribution in [3.05, 3.63) is 28.2 Å². The molecule has 0 aromatic heterocycles. The number of aromatic hydroxyl groups is 1. The molecule has 0 aliphatic heterocycles. The Bertz CT molecular complexity index is 381. The Morgan fingerprint density at radius 3 is 3.00 bits per heavy atom. The number of nitrogens with two attached hydrogens (primary N) is 1. The van der Waals surface area contributed by atoms with Gasteiger partial charge in [0, 0.05) is 10.0 Å². The van der Waals surface area contributed by atoms with Gasteiger partial charge in [0.25, 0.3) is 0 Å². The second kappa shape index (κ2) is 4.92. The number of thiocarbonyl (C=S) groups is 1. The number of nitrogens with one attached hydrogen (secondary N) is 1. The third-order valence-electron chi connectivity index (χ3n) is 1.37. The molecule has 0 fully saturated rings. The first-order valence-corrected chi connectivity index (χ1v) is 4.87. The van der Waals surface area contributed by atoms with Gasteiger partial charge >= 0.3 is 0 Å². The molecule has 1 rings (SSSR count). The van der Waals surface area contributed by atoms with Crippen LogP contribution in [0.15, 0.2) is 27.8 Å². The summed E-state index contributed by atoms with van der Waals surface area (Å²) in [6.45, 7) is 0. The van der Waals surface area contributed by atoms with Crippen LogP contribution in [0.5, 0.6) is 5.75 Å². The fourth-order valence-corrected chi connectivity index (χ4v) is 1.23. The summed E-state index contributed by atoms with van der Waals surface area (Å²) in [4.78, 5) is 0. The van der Waals surface area contributed by atoms with Crippen LogP contribution in [0.3, 0.4) is 0 Å². The van der Waals surface area contributed by atoms with E-state index in [4.69, 9.17) is 5.73 Å². The minimum atomic E-state index is 0.0794. The molecule has 4 nitrogen and oxygen atoms in total. The van der Waals surface area contributed by atoms with Gasteiger partial charge < -0.3 is 10.8 Å². The quantitative estimate of drug-likeness (QED) is 0.432. The maximum absolute atomic E-state index is 9.40. The number of hydrazone groups is 1. The molecule has 0 bridgehead atoms. The monoisotopic (exact) mass is 273 g/mol. The van der Waals surface area contributed by atoms with Gasteiger partial charge in [-0.1, -0.05) is 15.9 Å². The van der Waals surface area contributed by atoms with Crippen LogP contribution >= 0.6 is 28.1 Å². The number of rotatable bonds is 2. The minimum absolute atomic E-state index is 0.0794. The lowest BCUT2D eigenvalue weighted by Crippen LogP contribution is -2.23. The highest BCUT2D eigenvalue weighted by atomic mass is 79.9. The lowest BCUT2D eigenvalue weighted by atomic mass is 10.2. The van der Waals surface area contributed by atoms with Crippen molar-refractivity contribution in [2.45, 2.75) is 0 Å². The molecule has 0 heterocycles. The Hall–Kier alpha value is -1.14. The molecule has 6 heteroatoms. The van der Waals surface area contributed by atoms with Gasteiger partial charge in [-0.3, -0.25) is 5.43 Å². The number of halogens is 1.